The number of hydrogen-bond donors (Lipinski definition) is 2. The molecule has 0 saturated carbocycles. The van der Waals surface area contributed by atoms with Gasteiger partial charge in [-0.25, -0.2) is 4.98 Å². The van der Waals surface area contributed by atoms with Crippen LogP contribution in [0.3, 0.4) is 0 Å². The van der Waals surface area contributed by atoms with Crippen molar-refractivity contribution in [2.45, 2.75) is 13.0 Å². The van der Waals surface area contributed by atoms with Crippen LogP contribution in [0.1, 0.15) is 21.7 Å². The van der Waals surface area contributed by atoms with Gasteiger partial charge in [-0.3, -0.25) is 9.89 Å². The average molecular weight is 260 g/mol. The van der Waals surface area contributed by atoms with Crippen molar-refractivity contribution in [3.05, 3.63) is 47.5 Å². The smallest absolute Gasteiger partial charge is 0.251 e. The van der Waals surface area contributed by atoms with Crippen molar-refractivity contribution >= 4 is 5.91 Å². The first-order valence-corrected chi connectivity index (χ1v) is 6.00. The molecule has 0 aliphatic heterocycles. The van der Waals surface area contributed by atoms with E-state index in [1.165, 1.54) is 6.33 Å². The van der Waals surface area contributed by atoms with Gasteiger partial charge in [0.1, 0.15) is 12.2 Å². The molecular formula is C13H16N4O2. The second-order valence-electron chi connectivity index (χ2n) is 4.07. The Kier molecular flexibility index (Phi) is 4.63. The summed E-state index contributed by atoms with van der Waals surface area (Å²) in [5.41, 5.74) is 1.68. The molecule has 100 valence electrons. The topological polar surface area (TPSA) is 79.9 Å². The van der Waals surface area contributed by atoms with Crippen molar-refractivity contribution in [3.63, 3.8) is 0 Å². The summed E-state index contributed by atoms with van der Waals surface area (Å²) in [5.74, 6) is 0.666. The Hall–Kier alpha value is -2.21. The first kappa shape index (κ1) is 13.2. The van der Waals surface area contributed by atoms with E-state index in [1.807, 2.05) is 12.1 Å². The van der Waals surface area contributed by atoms with Gasteiger partial charge in [-0.05, 0) is 17.7 Å². The Morgan fingerprint density at radius 2 is 2.16 bits per heavy atom. The van der Waals surface area contributed by atoms with E-state index in [0.29, 0.717) is 25.1 Å². The minimum Gasteiger partial charge on any atom is -0.380 e. The maximum absolute atomic E-state index is 11.9. The Bertz CT molecular complexity index is 508. The van der Waals surface area contributed by atoms with E-state index in [4.69, 9.17) is 4.74 Å². The van der Waals surface area contributed by atoms with Crippen molar-refractivity contribution in [2.75, 3.05) is 13.7 Å². The summed E-state index contributed by atoms with van der Waals surface area (Å²) in [6.45, 7) is 1.07. The molecule has 1 aromatic carbocycles. The molecule has 6 nitrogen and oxygen atoms in total. The van der Waals surface area contributed by atoms with E-state index < -0.39 is 0 Å². The molecule has 0 saturated heterocycles. The molecule has 1 heterocycles. The number of nitrogens with zero attached hydrogens (tertiary/aromatic N) is 2. The van der Waals surface area contributed by atoms with E-state index in [9.17, 15) is 4.79 Å². The van der Waals surface area contributed by atoms with Crippen molar-refractivity contribution in [2.24, 2.45) is 0 Å². The number of H-pyrrole nitrogens is 1. The van der Waals surface area contributed by atoms with E-state index in [-0.39, 0.29) is 5.91 Å². The molecule has 2 rings (SSSR count). The summed E-state index contributed by atoms with van der Waals surface area (Å²) in [4.78, 5) is 15.8. The van der Waals surface area contributed by atoms with Gasteiger partial charge in [0, 0.05) is 25.6 Å². The molecule has 0 atom stereocenters. The van der Waals surface area contributed by atoms with Crippen molar-refractivity contribution < 1.29 is 9.53 Å². The van der Waals surface area contributed by atoms with Gasteiger partial charge in [-0.15, -0.1) is 0 Å². The number of methoxy groups -OCH3 is 1. The number of aromatic amines is 1. The van der Waals surface area contributed by atoms with Crippen molar-refractivity contribution in [3.8, 4) is 0 Å². The lowest BCUT2D eigenvalue weighted by atomic mass is 10.1. The summed E-state index contributed by atoms with van der Waals surface area (Å²) in [6.07, 6.45) is 2.08. The molecule has 0 fully saturated rings. The molecule has 0 bridgehead atoms. The SMILES string of the molecule is COCc1ccc(C(=O)NCCc2ncn[nH]2)cc1. The lowest BCUT2D eigenvalue weighted by molar-refractivity contribution is 0.0954. The third-order valence-corrected chi connectivity index (χ3v) is 2.64. The fourth-order valence-corrected chi connectivity index (χ4v) is 1.67. The van der Waals surface area contributed by atoms with Crippen LogP contribution in [0.5, 0.6) is 0 Å². The molecular weight excluding hydrogens is 244 g/mol. The molecule has 0 radical (unpaired) electrons. The number of carbonyl (C=O) groups excluding carboxylic acids is 1. The normalized spacial score (nSPS) is 10.4. The van der Waals surface area contributed by atoms with Crippen LogP contribution in [0, 0.1) is 0 Å². The molecule has 6 heteroatoms. The van der Waals surface area contributed by atoms with Crippen molar-refractivity contribution in [1.82, 2.24) is 20.5 Å². The molecule has 0 aliphatic carbocycles. The van der Waals surface area contributed by atoms with Gasteiger partial charge in [0.15, 0.2) is 0 Å². The summed E-state index contributed by atoms with van der Waals surface area (Å²) < 4.78 is 5.02. The maximum atomic E-state index is 11.9. The van der Waals surface area contributed by atoms with Crippen molar-refractivity contribution in [1.29, 1.82) is 0 Å². The van der Waals surface area contributed by atoms with E-state index >= 15 is 0 Å². The highest BCUT2D eigenvalue weighted by molar-refractivity contribution is 5.94. The van der Waals surface area contributed by atoms with Crippen LogP contribution < -0.4 is 5.32 Å². The second-order valence-corrected chi connectivity index (χ2v) is 4.07. The lowest BCUT2D eigenvalue weighted by Crippen LogP contribution is -2.25. The van der Waals surface area contributed by atoms with Crippen LogP contribution in [0.4, 0.5) is 0 Å². The Morgan fingerprint density at radius 1 is 1.37 bits per heavy atom. The molecule has 0 aliphatic rings. The minimum atomic E-state index is -0.0940. The predicted molar refractivity (Wildman–Crippen MR) is 69.6 cm³/mol. The highest BCUT2D eigenvalue weighted by Crippen LogP contribution is 2.05. The Morgan fingerprint density at radius 3 is 2.79 bits per heavy atom. The van der Waals surface area contributed by atoms with E-state index in [0.717, 1.165) is 11.4 Å². The van der Waals surface area contributed by atoms with Crippen LogP contribution in [-0.2, 0) is 17.8 Å². The molecule has 19 heavy (non-hydrogen) atoms. The number of carbonyl (C=O) groups is 1. The van der Waals surface area contributed by atoms with Gasteiger partial charge in [0.05, 0.1) is 6.61 Å². The zero-order chi connectivity index (χ0) is 13.5. The van der Waals surface area contributed by atoms with Gasteiger partial charge in [-0.1, -0.05) is 12.1 Å². The summed E-state index contributed by atoms with van der Waals surface area (Å²) in [7, 11) is 1.64. The highest BCUT2D eigenvalue weighted by Gasteiger charge is 2.05. The predicted octanol–water partition coefficient (Wildman–Crippen LogP) is 0.924. The number of rotatable bonds is 6. The third kappa shape index (κ3) is 3.89. The molecule has 0 unspecified atom stereocenters. The van der Waals surface area contributed by atoms with Gasteiger partial charge in [-0.2, -0.15) is 5.10 Å². The van der Waals surface area contributed by atoms with Crippen LogP contribution >= 0.6 is 0 Å². The van der Waals surface area contributed by atoms with Gasteiger partial charge < -0.3 is 10.1 Å². The Labute approximate surface area is 111 Å². The zero-order valence-electron chi connectivity index (χ0n) is 10.7. The number of hydrogen-bond acceptors (Lipinski definition) is 4. The number of amides is 1. The first-order chi connectivity index (χ1) is 9.29. The average Bonchev–Trinajstić information content (AvgIpc) is 2.93. The first-order valence-electron chi connectivity index (χ1n) is 6.00. The van der Waals surface area contributed by atoms with E-state index in [1.54, 1.807) is 19.2 Å². The zero-order valence-corrected chi connectivity index (χ0v) is 10.7. The molecule has 1 aromatic heterocycles. The second kappa shape index (κ2) is 6.65. The maximum Gasteiger partial charge on any atom is 0.251 e. The number of benzene rings is 1. The van der Waals surface area contributed by atoms with Gasteiger partial charge >= 0.3 is 0 Å². The Balaban J connectivity index is 1.82. The van der Waals surface area contributed by atoms with Gasteiger partial charge in [0.25, 0.3) is 5.91 Å². The van der Waals surface area contributed by atoms with E-state index in [2.05, 4.69) is 20.5 Å². The number of aromatic nitrogens is 3. The quantitative estimate of drug-likeness (QED) is 0.809. The van der Waals surface area contributed by atoms with Crippen LogP contribution in [-0.4, -0.2) is 34.7 Å². The summed E-state index contributed by atoms with van der Waals surface area (Å²) in [5, 5.41) is 9.32. The summed E-state index contributed by atoms with van der Waals surface area (Å²) in [6, 6.07) is 7.35. The third-order valence-electron chi connectivity index (χ3n) is 2.64. The van der Waals surface area contributed by atoms with Crippen LogP contribution in [0.15, 0.2) is 30.6 Å². The minimum absolute atomic E-state index is 0.0940. The molecule has 0 spiro atoms. The molecule has 2 aromatic rings. The molecule has 1 amide bonds. The molecule has 2 N–H and O–H groups in total. The highest BCUT2D eigenvalue weighted by atomic mass is 16.5. The fraction of sp³-hybridized carbons (Fsp3) is 0.308. The number of nitrogens with one attached hydrogen (secondary N) is 2. The summed E-state index contributed by atoms with van der Waals surface area (Å²) >= 11 is 0. The van der Waals surface area contributed by atoms with Gasteiger partial charge in [0.2, 0.25) is 0 Å². The standard InChI is InChI=1S/C13H16N4O2/c1-19-8-10-2-4-11(5-3-10)13(18)14-7-6-12-15-9-16-17-12/h2-5,9H,6-8H2,1H3,(H,14,18)(H,15,16,17). The lowest BCUT2D eigenvalue weighted by Gasteiger charge is -2.05. The monoisotopic (exact) mass is 260 g/mol. The van der Waals surface area contributed by atoms with Crippen LogP contribution in [0.25, 0.3) is 0 Å². The number of ether oxygens (including phenoxy) is 1. The fourth-order valence-electron chi connectivity index (χ4n) is 1.67. The van der Waals surface area contributed by atoms with Crippen LogP contribution in [0.2, 0.25) is 0 Å². The largest absolute Gasteiger partial charge is 0.380 e.